The molecule has 2 fully saturated rings. The average molecular weight is 688 g/mol. The molecule has 262 valence electrons. The second-order valence-electron chi connectivity index (χ2n) is 14.1. The Morgan fingerprint density at radius 2 is 1.73 bits per heavy atom. The second-order valence-corrected chi connectivity index (χ2v) is 14.1. The first-order valence-corrected chi connectivity index (χ1v) is 17.3. The van der Waals surface area contributed by atoms with Gasteiger partial charge in [0, 0.05) is 48.9 Å². The van der Waals surface area contributed by atoms with Gasteiger partial charge in [-0.05, 0) is 106 Å². The number of nitriles is 1. The molecule has 12 nitrogen and oxygen atoms in total. The summed E-state index contributed by atoms with van der Waals surface area (Å²) in [5.41, 5.74) is 7.16. The molecule has 0 aromatic heterocycles. The molecule has 2 aliphatic carbocycles. The van der Waals surface area contributed by atoms with E-state index in [4.69, 9.17) is 5.41 Å². The summed E-state index contributed by atoms with van der Waals surface area (Å²) < 4.78 is 0. The molecule has 1 atom stereocenters. The first kappa shape index (κ1) is 35.1. The summed E-state index contributed by atoms with van der Waals surface area (Å²) in [6.07, 6.45) is 8.54. The van der Waals surface area contributed by atoms with Gasteiger partial charge in [-0.15, -0.1) is 0 Å². The summed E-state index contributed by atoms with van der Waals surface area (Å²) in [6.45, 7) is 6.48. The van der Waals surface area contributed by atoms with Crippen molar-refractivity contribution in [1.29, 1.82) is 10.7 Å². The zero-order valence-corrected chi connectivity index (χ0v) is 29.1. The molecule has 4 N–H and O–H groups in total. The van der Waals surface area contributed by atoms with Crippen molar-refractivity contribution in [1.82, 2.24) is 15.5 Å². The van der Waals surface area contributed by atoms with E-state index in [1.54, 1.807) is 39.1 Å². The number of rotatable bonds is 9. The van der Waals surface area contributed by atoms with Crippen LogP contribution in [0, 0.1) is 41.4 Å². The molecule has 0 saturated carbocycles. The third-order valence-corrected chi connectivity index (χ3v) is 10.3. The first-order valence-electron chi connectivity index (χ1n) is 17.3. The number of allylic oxidation sites excluding steroid dienone is 1. The van der Waals surface area contributed by atoms with Gasteiger partial charge in [0.2, 0.25) is 24.1 Å². The highest BCUT2D eigenvalue weighted by Crippen LogP contribution is 2.41. The van der Waals surface area contributed by atoms with Crippen LogP contribution in [0.2, 0.25) is 0 Å². The number of benzene rings is 2. The number of amides is 5. The topological polar surface area (TPSA) is 176 Å². The van der Waals surface area contributed by atoms with Gasteiger partial charge >= 0.3 is 0 Å². The number of nitrogens with one attached hydrogen (secondary N) is 4. The van der Waals surface area contributed by atoms with Crippen molar-refractivity contribution in [2.24, 2.45) is 5.92 Å². The summed E-state index contributed by atoms with van der Waals surface area (Å²) in [5.74, 6) is 4.33. The van der Waals surface area contributed by atoms with Crippen LogP contribution in [0.1, 0.15) is 83.3 Å². The number of fused-ring (bicyclic) bond motifs is 2. The van der Waals surface area contributed by atoms with Crippen LogP contribution >= 0.6 is 0 Å². The van der Waals surface area contributed by atoms with Crippen molar-refractivity contribution in [2.75, 3.05) is 23.3 Å². The van der Waals surface area contributed by atoms with Crippen LogP contribution in [-0.4, -0.2) is 65.8 Å². The van der Waals surface area contributed by atoms with Gasteiger partial charge in [-0.3, -0.25) is 34.2 Å². The van der Waals surface area contributed by atoms with E-state index in [0.29, 0.717) is 36.2 Å². The van der Waals surface area contributed by atoms with Gasteiger partial charge in [-0.1, -0.05) is 17.9 Å². The van der Waals surface area contributed by atoms with Gasteiger partial charge in [0.25, 0.3) is 5.91 Å². The third kappa shape index (κ3) is 6.87. The number of hydrogen-bond donors (Lipinski definition) is 4. The van der Waals surface area contributed by atoms with Crippen LogP contribution in [0.4, 0.5) is 11.4 Å². The van der Waals surface area contributed by atoms with Gasteiger partial charge in [-0.25, -0.2) is 0 Å². The molecule has 5 amide bonds. The molecule has 0 bridgehead atoms. The van der Waals surface area contributed by atoms with E-state index in [9.17, 15) is 29.2 Å². The lowest BCUT2D eigenvalue weighted by Crippen LogP contribution is -2.54. The van der Waals surface area contributed by atoms with Gasteiger partial charge in [0.15, 0.2) is 0 Å². The maximum Gasteiger partial charge on any atom is 0.261 e. The SMILES string of the molecule is Cc1ccc(N2CC(C#C/C(C=N)=C/NC(C)(C)C(=O)Nc3c4c(c(C#N)c5c3CCC5)CCC4)C2)cc1C(=O)N(C=O)C1CCC(=O)NC1=O. The van der Waals surface area contributed by atoms with Gasteiger partial charge in [0.1, 0.15) is 11.6 Å². The van der Waals surface area contributed by atoms with Crippen LogP contribution in [-0.2, 0) is 44.9 Å². The molecular weight excluding hydrogens is 646 g/mol. The summed E-state index contributed by atoms with van der Waals surface area (Å²) in [4.78, 5) is 65.7. The lowest BCUT2D eigenvalue weighted by molar-refractivity contribution is -0.139. The van der Waals surface area contributed by atoms with Gasteiger partial charge in [-0.2, -0.15) is 5.26 Å². The molecule has 12 heteroatoms. The van der Waals surface area contributed by atoms with Crippen molar-refractivity contribution in [2.45, 2.75) is 83.7 Å². The van der Waals surface area contributed by atoms with Crippen molar-refractivity contribution >= 4 is 47.6 Å². The normalized spacial score (nSPS) is 18.3. The monoisotopic (exact) mass is 687 g/mol. The van der Waals surface area contributed by atoms with Crippen molar-refractivity contribution < 1.29 is 24.0 Å². The maximum absolute atomic E-state index is 13.6. The summed E-state index contributed by atoms with van der Waals surface area (Å²) >= 11 is 0. The van der Waals surface area contributed by atoms with Crippen molar-refractivity contribution in [3.8, 4) is 17.9 Å². The number of carbonyl (C=O) groups is 5. The molecule has 2 aromatic rings. The second kappa shape index (κ2) is 14.2. The summed E-state index contributed by atoms with van der Waals surface area (Å²) in [6, 6.07) is 6.75. The Bertz CT molecular complexity index is 1950. The lowest BCUT2D eigenvalue weighted by Gasteiger charge is -2.38. The molecule has 2 aromatic carbocycles. The fourth-order valence-corrected chi connectivity index (χ4v) is 7.30. The minimum absolute atomic E-state index is 0.000584. The van der Waals surface area contributed by atoms with E-state index in [-0.39, 0.29) is 24.7 Å². The Morgan fingerprint density at radius 1 is 1.06 bits per heavy atom. The average Bonchev–Trinajstić information content (AvgIpc) is 3.78. The number of carbonyl (C=O) groups excluding carboxylic acids is 5. The maximum atomic E-state index is 13.6. The van der Waals surface area contributed by atoms with Gasteiger partial charge < -0.3 is 20.9 Å². The predicted octanol–water partition coefficient (Wildman–Crippen LogP) is 3.23. The van der Waals surface area contributed by atoms with Crippen molar-refractivity contribution in [3.05, 3.63) is 68.9 Å². The van der Waals surface area contributed by atoms with Crippen LogP contribution < -0.4 is 20.9 Å². The van der Waals surface area contributed by atoms with Gasteiger partial charge in [0.05, 0.1) is 23.1 Å². The molecule has 2 heterocycles. The van der Waals surface area contributed by atoms with Crippen LogP contribution in [0.15, 0.2) is 30.0 Å². The zero-order valence-electron chi connectivity index (χ0n) is 29.1. The molecular formula is C39H41N7O5. The van der Waals surface area contributed by atoms with E-state index >= 15 is 0 Å². The number of piperidine rings is 1. The zero-order chi connectivity index (χ0) is 36.4. The Kier molecular flexibility index (Phi) is 9.80. The summed E-state index contributed by atoms with van der Waals surface area (Å²) in [5, 5.41) is 26.3. The fourth-order valence-electron chi connectivity index (χ4n) is 7.30. The minimum Gasteiger partial charge on any atom is -0.377 e. The Labute approximate surface area is 297 Å². The molecule has 6 rings (SSSR count). The first-order chi connectivity index (χ1) is 24.4. The number of nitrogens with zero attached hydrogens (tertiary/aromatic N) is 3. The number of imide groups is 2. The van der Waals surface area contributed by atoms with E-state index in [1.165, 1.54) is 0 Å². The molecule has 2 saturated heterocycles. The molecule has 4 aliphatic rings. The molecule has 0 radical (unpaired) electrons. The highest BCUT2D eigenvalue weighted by Gasteiger charge is 2.36. The molecule has 1 unspecified atom stereocenters. The Hall–Kier alpha value is -5.75. The number of hydrogen-bond acceptors (Lipinski definition) is 9. The smallest absolute Gasteiger partial charge is 0.261 e. The molecule has 51 heavy (non-hydrogen) atoms. The number of anilines is 2. The van der Waals surface area contributed by atoms with E-state index in [1.807, 2.05) is 11.0 Å². The quantitative estimate of drug-likeness (QED) is 0.135. The molecule has 0 spiro atoms. The van der Waals surface area contributed by atoms with E-state index < -0.39 is 29.3 Å². The molecule has 2 aliphatic heterocycles. The Balaban J connectivity index is 1.08. The van der Waals surface area contributed by atoms with Crippen molar-refractivity contribution in [3.63, 3.8) is 0 Å². The predicted molar refractivity (Wildman–Crippen MR) is 191 cm³/mol. The van der Waals surface area contributed by atoms with E-state index in [2.05, 4.69) is 33.9 Å². The minimum atomic E-state index is -1.05. The fraction of sp³-hybridized carbons (Fsp3) is 0.410. The highest BCUT2D eigenvalue weighted by atomic mass is 16.2. The van der Waals surface area contributed by atoms with E-state index in [0.717, 1.165) is 88.8 Å². The van der Waals surface area contributed by atoms with Crippen LogP contribution in [0.3, 0.4) is 0 Å². The summed E-state index contributed by atoms with van der Waals surface area (Å²) in [7, 11) is 0. The largest absolute Gasteiger partial charge is 0.377 e. The standard InChI is InChI=1S/C39H41N7O5/c1-23-10-13-26(16-31(23)37(50)46(22-47)33-14-15-34(48)43-36(33)49)45-20-25(21-45)12-11-24(17-40)19-42-39(2,3)38(51)44-35-29-8-4-6-27(29)32(18-41)28-7-5-9-30(28)35/h10,13,16-17,19,22,25,33,40,42H,4-9,14-15,20-21H2,1-3H3,(H,44,51)(H,43,48,49)/b24-19-,40-17?. The van der Waals surface area contributed by atoms with Crippen LogP contribution in [0.5, 0.6) is 0 Å². The Morgan fingerprint density at radius 3 is 2.33 bits per heavy atom. The number of aryl methyl sites for hydroxylation is 1. The highest BCUT2D eigenvalue weighted by molar-refractivity contribution is 6.08. The third-order valence-electron chi connectivity index (χ3n) is 10.3. The van der Waals surface area contributed by atoms with Crippen LogP contribution in [0.25, 0.3) is 0 Å². The lowest BCUT2D eigenvalue weighted by atomic mass is 9.92.